The first kappa shape index (κ1) is 15.2. The summed E-state index contributed by atoms with van der Waals surface area (Å²) in [6.45, 7) is 0.818. The summed E-state index contributed by atoms with van der Waals surface area (Å²) in [7, 11) is 0. The summed E-state index contributed by atoms with van der Waals surface area (Å²) >= 11 is 12.9. The fraction of sp³-hybridized carbons (Fsp3) is 0.231. The van der Waals surface area contributed by atoms with Crippen LogP contribution in [0.4, 0.5) is 5.69 Å². The Kier molecular flexibility index (Phi) is 6.17. The van der Waals surface area contributed by atoms with Crippen molar-refractivity contribution in [1.82, 2.24) is 15.3 Å². The molecule has 7 heteroatoms. The van der Waals surface area contributed by atoms with E-state index in [1.807, 2.05) is 42.2 Å². The standard InChI is InChI=1S/C13H15ClN4S2/c14-10-1-3-11(4-2-10)18-13(19)16-5-6-20-8-12-7-15-9-17-12/h1-4,7,9H,5-6,8H2,(H,15,17)(H2,16,18,19). The number of benzene rings is 1. The zero-order valence-electron chi connectivity index (χ0n) is 10.7. The average molecular weight is 327 g/mol. The molecule has 0 saturated carbocycles. The van der Waals surface area contributed by atoms with Gasteiger partial charge in [0.2, 0.25) is 0 Å². The molecule has 0 spiro atoms. The molecule has 0 aliphatic heterocycles. The Morgan fingerprint density at radius 2 is 2.15 bits per heavy atom. The fourth-order valence-electron chi connectivity index (χ4n) is 1.49. The summed E-state index contributed by atoms with van der Waals surface area (Å²) in [6, 6.07) is 7.44. The lowest BCUT2D eigenvalue weighted by Gasteiger charge is -2.10. The van der Waals surface area contributed by atoms with Crippen molar-refractivity contribution >= 4 is 46.4 Å². The zero-order valence-corrected chi connectivity index (χ0v) is 13.1. The van der Waals surface area contributed by atoms with Crippen LogP contribution in [0, 0.1) is 0 Å². The molecule has 1 aromatic carbocycles. The van der Waals surface area contributed by atoms with Crippen molar-refractivity contribution < 1.29 is 0 Å². The highest BCUT2D eigenvalue weighted by Crippen LogP contribution is 2.13. The number of hydrogen-bond donors (Lipinski definition) is 3. The summed E-state index contributed by atoms with van der Waals surface area (Å²) in [6.07, 6.45) is 3.53. The molecule has 0 amide bonds. The normalized spacial score (nSPS) is 10.2. The van der Waals surface area contributed by atoms with Crippen LogP contribution in [0.5, 0.6) is 0 Å². The van der Waals surface area contributed by atoms with Crippen LogP contribution in [0.3, 0.4) is 0 Å². The maximum Gasteiger partial charge on any atom is 0.170 e. The van der Waals surface area contributed by atoms with E-state index in [0.29, 0.717) is 10.1 Å². The smallest absolute Gasteiger partial charge is 0.170 e. The second-order valence-corrected chi connectivity index (χ2v) is 5.97. The Hall–Kier alpha value is -1.24. The van der Waals surface area contributed by atoms with Crippen LogP contribution in [-0.2, 0) is 5.75 Å². The number of rotatable bonds is 6. The third-order valence-electron chi connectivity index (χ3n) is 2.45. The van der Waals surface area contributed by atoms with Crippen molar-refractivity contribution in [3.8, 4) is 0 Å². The van der Waals surface area contributed by atoms with Crippen LogP contribution in [0.25, 0.3) is 0 Å². The van der Waals surface area contributed by atoms with Crippen molar-refractivity contribution in [3.05, 3.63) is 47.5 Å². The molecule has 0 radical (unpaired) electrons. The molecule has 1 aromatic heterocycles. The van der Waals surface area contributed by atoms with Gasteiger partial charge >= 0.3 is 0 Å². The summed E-state index contributed by atoms with van der Waals surface area (Å²) in [5.74, 6) is 1.90. The van der Waals surface area contributed by atoms with E-state index in [2.05, 4.69) is 20.6 Å². The fourth-order valence-corrected chi connectivity index (χ4v) is 2.61. The molecular weight excluding hydrogens is 312 g/mol. The van der Waals surface area contributed by atoms with Gasteiger partial charge in [0, 0.05) is 40.7 Å². The van der Waals surface area contributed by atoms with Crippen molar-refractivity contribution in [3.63, 3.8) is 0 Å². The first-order valence-corrected chi connectivity index (χ1v) is 8.03. The largest absolute Gasteiger partial charge is 0.362 e. The van der Waals surface area contributed by atoms with Crippen molar-refractivity contribution in [2.45, 2.75) is 5.75 Å². The molecule has 1 heterocycles. The third-order valence-corrected chi connectivity index (χ3v) is 3.95. The summed E-state index contributed by atoms with van der Waals surface area (Å²) in [5, 5.41) is 7.61. The van der Waals surface area contributed by atoms with Crippen molar-refractivity contribution in [2.24, 2.45) is 0 Å². The van der Waals surface area contributed by atoms with Gasteiger partial charge in [-0.2, -0.15) is 11.8 Å². The Morgan fingerprint density at radius 3 is 2.85 bits per heavy atom. The summed E-state index contributed by atoms with van der Waals surface area (Å²) in [5.41, 5.74) is 2.06. The number of halogens is 1. The molecule has 0 unspecified atom stereocenters. The van der Waals surface area contributed by atoms with E-state index in [0.717, 1.165) is 29.4 Å². The van der Waals surface area contributed by atoms with Gasteiger partial charge in [0.1, 0.15) is 0 Å². The predicted molar refractivity (Wildman–Crippen MR) is 90.4 cm³/mol. The van der Waals surface area contributed by atoms with Gasteiger partial charge in [-0.1, -0.05) is 11.6 Å². The molecule has 0 aliphatic rings. The van der Waals surface area contributed by atoms with Crippen LogP contribution in [0.1, 0.15) is 5.69 Å². The third kappa shape index (κ3) is 5.40. The first-order chi connectivity index (χ1) is 9.74. The van der Waals surface area contributed by atoms with E-state index >= 15 is 0 Å². The van der Waals surface area contributed by atoms with Gasteiger partial charge in [-0.25, -0.2) is 4.98 Å². The molecule has 0 bridgehead atoms. The lowest BCUT2D eigenvalue weighted by Crippen LogP contribution is -2.30. The van der Waals surface area contributed by atoms with Crippen LogP contribution in [0.2, 0.25) is 5.02 Å². The minimum absolute atomic E-state index is 0.620. The second kappa shape index (κ2) is 8.14. The molecular formula is C13H15ClN4S2. The Morgan fingerprint density at radius 1 is 1.35 bits per heavy atom. The summed E-state index contributed by atoms with van der Waals surface area (Å²) in [4.78, 5) is 7.05. The van der Waals surface area contributed by atoms with E-state index in [-0.39, 0.29) is 0 Å². The number of hydrogen-bond acceptors (Lipinski definition) is 3. The van der Waals surface area contributed by atoms with Crippen molar-refractivity contribution in [2.75, 3.05) is 17.6 Å². The van der Waals surface area contributed by atoms with E-state index in [1.54, 1.807) is 6.33 Å². The summed E-state index contributed by atoms with van der Waals surface area (Å²) < 4.78 is 0. The Balaban J connectivity index is 1.59. The van der Waals surface area contributed by atoms with E-state index in [9.17, 15) is 0 Å². The van der Waals surface area contributed by atoms with Crippen LogP contribution >= 0.6 is 35.6 Å². The lowest BCUT2D eigenvalue weighted by molar-refractivity contribution is 0.989. The van der Waals surface area contributed by atoms with Crippen LogP contribution in [0.15, 0.2) is 36.8 Å². The Bertz CT molecular complexity index is 528. The monoisotopic (exact) mass is 326 g/mol. The molecule has 2 rings (SSSR count). The number of nitrogens with zero attached hydrogens (tertiary/aromatic N) is 1. The molecule has 0 fully saturated rings. The SMILES string of the molecule is S=C(NCCSCc1cnc[nH]1)Nc1ccc(Cl)cc1. The number of aromatic nitrogens is 2. The number of nitrogens with one attached hydrogen (secondary N) is 3. The minimum Gasteiger partial charge on any atom is -0.362 e. The Labute approximate surface area is 132 Å². The van der Waals surface area contributed by atoms with Crippen molar-refractivity contribution in [1.29, 1.82) is 0 Å². The van der Waals surface area contributed by atoms with Gasteiger partial charge in [-0.05, 0) is 36.5 Å². The average Bonchev–Trinajstić information content (AvgIpc) is 2.94. The van der Waals surface area contributed by atoms with E-state index in [1.165, 1.54) is 0 Å². The molecule has 106 valence electrons. The first-order valence-electron chi connectivity index (χ1n) is 6.09. The number of thiocarbonyl (C=S) groups is 1. The van der Waals surface area contributed by atoms with Gasteiger partial charge in [-0.3, -0.25) is 0 Å². The molecule has 0 aliphatic carbocycles. The zero-order chi connectivity index (χ0) is 14.2. The number of thioether (sulfide) groups is 1. The van der Waals surface area contributed by atoms with E-state index < -0.39 is 0 Å². The maximum atomic E-state index is 5.82. The minimum atomic E-state index is 0.620. The molecule has 0 saturated heterocycles. The quantitative estimate of drug-likeness (QED) is 0.562. The lowest BCUT2D eigenvalue weighted by atomic mass is 10.3. The number of H-pyrrole nitrogens is 1. The molecule has 0 atom stereocenters. The topological polar surface area (TPSA) is 52.7 Å². The highest BCUT2D eigenvalue weighted by atomic mass is 35.5. The van der Waals surface area contributed by atoms with Gasteiger partial charge in [0.05, 0.1) is 6.33 Å². The molecule has 20 heavy (non-hydrogen) atoms. The molecule has 4 nitrogen and oxygen atoms in total. The van der Waals surface area contributed by atoms with Gasteiger partial charge < -0.3 is 15.6 Å². The molecule has 3 N–H and O–H groups in total. The van der Waals surface area contributed by atoms with Gasteiger partial charge in [-0.15, -0.1) is 0 Å². The molecule has 2 aromatic rings. The number of imidazole rings is 1. The maximum absolute atomic E-state index is 5.82. The highest BCUT2D eigenvalue weighted by Gasteiger charge is 1.98. The van der Waals surface area contributed by atoms with E-state index in [4.69, 9.17) is 23.8 Å². The van der Waals surface area contributed by atoms with Crippen LogP contribution in [-0.4, -0.2) is 27.4 Å². The van der Waals surface area contributed by atoms with Gasteiger partial charge in [0.15, 0.2) is 5.11 Å². The van der Waals surface area contributed by atoms with Crippen LogP contribution < -0.4 is 10.6 Å². The highest BCUT2D eigenvalue weighted by molar-refractivity contribution is 7.98. The number of anilines is 1. The second-order valence-electron chi connectivity index (χ2n) is 4.02. The number of aromatic amines is 1. The van der Waals surface area contributed by atoms with Gasteiger partial charge in [0.25, 0.3) is 0 Å². The predicted octanol–water partition coefficient (Wildman–Crippen LogP) is 3.28.